The fourth-order valence-electron chi connectivity index (χ4n) is 3.27. The maximum Gasteiger partial charge on any atom is 0.451 e. The van der Waals surface area contributed by atoms with E-state index >= 15 is 0 Å². The van der Waals surface area contributed by atoms with Gasteiger partial charge in [0, 0.05) is 19.6 Å². The van der Waals surface area contributed by atoms with Gasteiger partial charge in [-0.3, -0.25) is 4.79 Å². The molecular formula is C14H28BNO4. The highest BCUT2D eigenvalue weighted by Crippen LogP contribution is 2.29. The monoisotopic (exact) mass is 285 g/mol. The van der Waals surface area contributed by atoms with Crippen LogP contribution in [0, 0.1) is 17.8 Å². The van der Waals surface area contributed by atoms with Crippen LogP contribution in [0.15, 0.2) is 0 Å². The number of carboxylic acids is 1. The smallest absolute Gasteiger partial charge is 0.451 e. The van der Waals surface area contributed by atoms with Crippen LogP contribution in [0.5, 0.6) is 0 Å². The van der Waals surface area contributed by atoms with E-state index in [1.807, 2.05) is 0 Å². The van der Waals surface area contributed by atoms with Gasteiger partial charge in [0.25, 0.3) is 0 Å². The highest BCUT2D eigenvalue weighted by atomic mass is 16.4. The Balaban J connectivity index is 2.45. The van der Waals surface area contributed by atoms with Crippen molar-refractivity contribution in [3.8, 4) is 0 Å². The van der Waals surface area contributed by atoms with Gasteiger partial charge in [-0.1, -0.05) is 26.7 Å². The van der Waals surface area contributed by atoms with E-state index in [9.17, 15) is 9.90 Å². The number of rotatable bonds is 9. The molecule has 6 heteroatoms. The molecule has 0 aromatic heterocycles. The van der Waals surface area contributed by atoms with Crippen LogP contribution in [-0.2, 0) is 4.79 Å². The Bertz CT molecular complexity index is 301. The van der Waals surface area contributed by atoms with Crippen molar-refractivity contribution >= 4 is 13.1 Å². The van der Waals surface area contributed by atoms with Crippen LogP contribution in [0.3, 0.4) is 0 Å². The molecule has 0 aliphatic carbocycles. The minimum Gasteiger partial charge on any atom is -0.481 e. The minimum absolute atomic E-state index is 0.139. The maximum absolute atomic E-state index is 11.3. The molecule has 0 aromatic rings. The molecule has 1 saturated heterocycles. The molecule has 0 amide bonds. The lowest BCUT2D eigenvalue weighted by molar-refractivity contribution is -0.142. The summed E-state index contributed by atoms with van der Waals surface area (Å²) in [5.74, 6) is -0.280. The van der Waals surface area contributed by atoms with Gasteiger partial charge in [-0.25, -0.2) is 0 Å². The number of hydrogen-bond acceptors (Lipinski definition) is 4. The molecule has 1 fully saturated rings. The lowest BCUT2D eigenvalue weighted by atomic mass is 9.80. The molecule has 1 aliphatic heterocycles. The lowest BCUT2D eigenvalue weighted by Crippen LogP contribution is -2.27. The highest BCUT2D eigenvalue weighted by Gasteiger charge is 2.37. The van der Waals surface area contributed by atoms with E-state index in [-0.39, 0.29) is 11.8 Å². The summed E-state index contributed by atoms with van der Waals surface area (Å²) in [5.41, 5.74) is 0. The number of nitrogens with zero attached hydrogens (tertiary/aromatic N) is 1. The Kier molecular flexibility index (Phi) is 7.55. The predicted octanol–water partition coefficient (Wildman–Crippen LogP) is 1.31. The van der Waals surface area contributed by atoms with Gasteiger partial charge >= 0.3 is 13.1 Å². The van der Waals surface area contributed by atoms with E-state index in [0.717, 1.165) is 25.9 Å². The second-order valence-corrected chi connectivity index (χ2v) is 6.23. The molecule has 0 radical (unpaired) electrons. The molecule has 3 N–H and O–H groups in total. The van der Waals surface area contributed by atoms with Gasteiger partial charge in [-0.15, -0.1) is 0 Å². The fourth-order valence-corrected chi connectivity index (χ4v) is 3.27. The molecule has 116 valence electrons. The summed E-state index contributed by atoms with van der Waals surface area (Å²) in [5, 5.41) is 27.0. The molecule has 0 bridgehead atoms. The Morgan fingerprint density at radius 3 is 2.65 bits per heavy atom. The number of carboxylic acid groups (broad SMARTS) is 1. The van der Waals surface area contributed by atoms with Crippen LogP contribution >= 0.6 is 0 Å². The largest absolute Gasteiger partial charge is 0.481 e. The van der Waals surface area contributed by atoms with Crippen LogP contribution in [0.2, 0.25) is 6.32 Å². The van der Waals surface area contributed by atoms with Crippen LogP contribution in [0.1, 0.15) is 39.5 Å². The summed E-state index contributed by atoms with van der Waals surface area (Å²) in [6, 6.07) is 0. The zero-order valence-electron chi connectivity index (χ0n) is 12.7. The first-order chi connectivity index (χ1) is 9.43. The molecule has 1 unspecified atom stereocenters. The van der Waals surface area contributed by atoms with Crippen molar-refractivity contribution in [1.82, 2.24) is 4.90 Å². The molecule has 5 nitrogen and oxygen atoms in total. The summed E-state index contributed by atoms with van der Waals surface area (Å²) in [6.07, 6.45) is 4.09. The summed E-state index contributed by atoms with van der Waals surface area (Å²) in [4.78, 5) is 13.6. The van der Waals surface area contributed by atoms with Crippen LogP contribution in [0.4, 0.5) is 0 Å². The zero-order chi connectivity index (χ0) is 15.1. The number of hydrogen-bond donors (Lipinski definition) is 3. The van der Waals surface area contributed by atoms with Crippen molar-refractivity contribution in [2.75, 3.05) is 19.6 Å². The first-order valence-electron chi connectivity index (χ1n) is 7.75. The van der Waals surface area contributed by atoms with Gasteiger partial charge < -0.3 is 20.1 Å². The van der Waals surface area contributed by atoms with E-state index in [1.165, 1.54) is 6.42 Å². The van der Waals surface area contributed by atoms with Gasteiger partial charge in [0.15, 0.2) is 0 Å². The quantitative estimate of drug-likeness (QED) is 0.556. The van der Waals surface area contributed by atoms with Gasteiger partial charge in [0.1, 0.15) is 0 Å². The minimum atomic E-state index is -1.28. The Hall–Kier alpha value is -0.585. The van der Waals surface area contributed by atoms with Crippen molar-refractivity contribution in [1.29, 1.82) is 0 Å². The molecule has 1 heterocycles. The zero-order valence-corrected chi connectivity index (χ0v) is 12.7. The van der Waals surface area contributed by atoms with Crippen molar-refractivity contribution in [3.05, 3.63) is 0 Å². The average Bonchev–Trinajstić information content (AvgIpc) is 2.72. The summed E-state index contributed by atoms with van der Waals surface area (Å²) < 4.78 is 0. The third kappa shape index (κ3) is 5.81. The molecule has 1 rings (SSSR count). The van der Waals surface area contributed by atoms with Gasteiger partial charge in [-0.05, 0) is 31.0 Å². The number of carbonyl (C=O) groups is 1. The normalized spacial score (nSPS) is 24.8. The van der Waals surface area contributed by atoms with E-state index in [0.29, 0.717) is 25.2 Å². The number of likely N-dealkylation sites (tertiary alicyclic amines) is 1. The molecule has 20 heavy (non-hydrogen) atoms. The maximum atomic E-state index is 11.3. The first kappa shape index (κ1) is 17.5. The molecule has 3 atom stereocenters. The van der Waals surface area contributed by atoms with Gasteiger partial charge in [0.2, 0.25) is 0 Å². The molecular weight excluding hydrogens is 257 g/mol. The van der Waals surface area contributed by atoms with Gasteiger partial charge in [-0.2, -0.15) is 0 Å². The Labute approximate surface area is 122 Å². The second kappa shape index (κ2) is 8.65. The first-order valence-corrected chi connectivity index (χ1v) is 7.75. The predicted molar refractivity (Wildman–Crippen MR) is 79.4 cm³/mol. The number of aliphatic carboxylic acids is 1. The third-order valence-corrected chi connectivity index (χ3v) is 4.22. The van der Waals surface area contributed by atoms with E-state index in [2.05, 4.69) is 18.7 Å². The van der Waals surface area contributed by atoms with Crippen LogP contribution in [0.25, 0.3) is 0 Å². The van der Waals surface area contributed by atoms with E-state index in [4.69, 9.17) is 10.0 Å². The summed E-state index contributed by atoms with van der Waals surface area (Å²) in [6.45, 7) is 6.82. The second-order valence-electron chi connectivity index (χ2n) is 6.23. The van der Waals surface area contributed by atoms with Crippen LogP contribution in [-0.4, -0.2) is 52.8 Å². The van der Waals surface area contributed by atoms with Gasteiger partial charge in [0.05, 0.1) is 5.92 Å². The van der Waals surface area contributed by atoms with E-state index in [1.54, 1.807) is 0 Å². The van der Waals surface area contributed by atoms with Crippen molar-refractivity contribution in [3.63, 3.8) is 0 Å². The topological polar surface area (TPSA) is 81.0 Å². The fraction of sp³-hybridized carbons (Fsp3) is 0.929. The SMILES string of the molecule is CCC[C@@H](C)CN1CC(C(=O)O)[C@@H](CCCB(O)O)C1. The van der Waals surface area contributed by atoms with Crippen LogP contribution < -0.4 is 0 Å². The standard InChI is InChI=1S/C14H28BNO4/c1-3-5-11(2)8-16-9-12(6-4-7-15(19)20)13(10-16)14(17)18/h11-13,19-20H,3-10H2,1-2H3,(H,17,18)/t11-,12+,13?/m1/s1. The lowest BCUT2D eigenvalue weighted by Gasteiger charge is -2.20. The molecule has 0 aromatic carbocycles. The summed E-state index contributed by atoms with van der Waals surface area (Å²) >= 11 is 0. The summed E-state index contributed by atoms with van der Waals surface area (Å²) in [7, 11) is -1.28. The molecule has 0 saturated carbocycles. The highest BCUT2D eigenvalue weighted by molar-refractivity contribution is 6.40. The average molecular weight is 285 g/mol. The van der Waals surface area contributed by atoms with E-state index < -0.39 is 13.1 Å². The molecule has 1 aliphatic rings. The molecule has 0 spiro atoms. The van der Waals surface area contributed by atoms with Crippen molar-refractivity contribution < 1.29 is 19.9 Å². The van der Waals surface area contributed by atoms with Crippen molar-refractivity contribution in [2.24, 2.45) is 17.8 Å². The Morgan fingerprint density at radius 1 is 1.40 bits per heavy atom. The third-order valence-electron chi connectivity index (χ3n) is 4.22. The van der Waals surface area contributed by atoms with Crippen molar-refractivity contribution in [2.45, 2.75) is 45.9 Å². The Morgan fingerprint density at radius 2 is 2.10 bits per heavy atom.